The maximum Gasteiger partial charge on any atom is 0.243 e. The number of nitrogens with zero attached hydrogens (tertiary/aromatic N) is 1. The number of nitrogens with two attached hydrogens (primary N) is 1. The molecule has 0 fully saturated rings. The Kier molecular flexibility index (Phi) is 6.68. The first-order chi connectivity index (χ1) is 9.96. The summed E-state index contributed by atoms with van der Waals surface area (Å²) in [6, 6.07) is 6.85. The van der Waals surface area contributed by atoms with Crippen molar-refractivity contribution in [3.05, 3.63) is 24.3 Å². The maximum atomic E-state index is 12.0. The molecule has 1 aromatic rings. The minimum Gasteiger partial charge on any atom is -0.497 e. The first-order valence-corrected chi connectivity index (χ1v) is 6.93. The van der Waals surface area contributed by atoms with Crippen LogP contribution >= 0.6 is 0 Å². The van der Waals surface area contributed by atoms with E-state index in [-0.39, 0.29) is 30.8 Å². The highest BCUT2D eigenvalue weighted by molar-refractivity contribution is 5.94. The molecule has 1 rings (SSSR count). The molecule has 6 nitrogen and oxygen atoms in total. The zero-order chi connectivity index (χ0) is 15.8. The number of hydrogen-bond donors (Lipinski definition) is 2. The second-order valence-electron chi connectivity index (χ2n) is 4.87. The highest BCUT2D eigenvalue weighted by Gasteiger charge is 2.16. The smallest absolute Gasteiger partial charge is 0.243 e. The lowest BCUT2D eigenvalue weighted by atomic mass is 10.2. The summed E-state index contributed by atoms with van der Waals surface area (Å²) in [6.07, 6.45) is 0.236. The van der Waals surface area contributed by atoms with Gasteiger partial charge in [-0.2, -0.15) is 0 Å². The topological polar surface area (TPSA) is 84.7 Å². The number of anilines is 1. The van der Waals surface area contributed by atoms with E-state index in [1.165, 1.54) is 4.90 Å². The number of amides is 2. The Morgan fingerprint density at radius 2 is 2.14 bits per heavy atom. The molecule has 116 valence electrons. The van der Waals surface area contributed by atoms with E-state index in [4.69, 9.17) is 10.5 Å². The normalized spacial score (nSPS) is 11.6. The number of hydrogen-bond acceptors (Lipinski definition) is 4. The molecule has 1 aromatic carbocycles. The second kappa shape index (κ2) is 8.26. The van der Waals surface area contributed by atoms with E-state index in [0.29, 0.717) is 18.0 Å². The van der Waals surface area contributed by atoms with Gasteiger partial charge in [-0.3, -0.25) is 9.59 Å². The van der Waals surface area contributed by atoms with Gasteiger partial charge in [-0.1, -0.05) is 6.07 Å². The van der Waals surface area contributed by atoms with Gasteiger partial charge in [-0.15, -0.1) is 0 Å². The van der Waals surface area contributed by atoms with Crippen molar-refractivity contribution in [2.45, 2.75) is 26.3 Å². The van der Waals surface area contributed by atoms with Gasteiger partial charge in [0, 0.05) is 30.8 Å². The maximum absolute atomic E-state index is 12.0. The summed E-state index contributed by atoms with van der Waals surface area (Å²) in [5.74, 6) is 0.296. The van der Waals surface area contributed by atoms with Crippen molar-refractivity contribution in [3.63, 3.8) is 0 Å². The highest BCUT2D eigenvalue weighted by Crippen LogP contribution is 2.16. The Morgan fingerprint density at radius 3 is 2.71 bits per heavy atom. The molecular formula is C15H23N3O3. The van der Waals surface area contributed by atoms with Crippen LogP contribution in [0, 0.1) is 0 Å². The molecule has 0 bridgehead atoms. The van der Waals surface area contributed by atoms with Crippen molar-refractivity contribution in [2.75, 3.05) is 25.5 Å². The zero-order valence-corrected chi connectivity index (χ0v) is 12.8. The monoisotopic (exact) mass is 293 g/mol. The zero-order valence-electron chi connectivity index (χ0n) is 12.8. The van der Waals surface area contributed by atoms with Crippen LogP contribution in [0.1, 0.15) is 20.3 Å². The standard InChI is InChI=1S/C15H23N3O3/c1-4-18(15(20)8-11(2)16)10-14(19)17-12-6-5-7-13(9-12)21-3/h5-7,9,11H,4,8,10,16H2,1-3H3,(H,17,19). The summed E-state index contributed by atoms with van der Waals surface area (Å²) >= 11 is 0. The van der Waals surface area contributed by atoms with E-state index in [1.54, 1.807) is 38.3 Å². The lowest BCUT2D eigenvalue weighted by Gasteiger charge is -2.21. The second-order valence-corrected chi connectivity index (χ2v) is 4.87. The number of methoxy groups -OCH3 is 1. The van der Waals surface area contributed by atoms with Gasteiger partial charge >= 0.3 is 0 Å². The number of carbonyl (C=O) groups is 2. The average Bonchev–Trinajstić information content (AvgIpc) is 2.44. The van der Waals surface area contributed by atoms with E-state index >= 15 is 0 Å². The van der Waals surface area contributed by atoms with Crippen molar-refractivity contribution in [1.29, 1.82) is 0 Å². The molecule has 0 radical (unpaired) electrons. The van der Waals surface area contributed by atoms with Crippen LogP contribution in [0.2, 0.25) is 0 Å². The van der Waals surface area contributed by atoms with Gasteiger partial charge in [-0.05, 0) is 26.0 Å². The molecule has 0 aromatic heterocycles. The van der Waals surface area contributed by atoms with Crippen LogP contribution in [-0.4, -0.2) is 43.0 Å². The molecule has 0 aliphatic carbocycles. The van der Waals surface area contributed by atoms with Crippen LogP contribution in [0.3, 0.4) is 0 Å². The molecule has 0 aliphatic heterocycles. The summed E-state index contributed by atoms with van der Waals surface area (Å²) in [5, 5.41) is 2.75. The summed E-state index contributed by atoms with van der Waals surface area (Å²) in [7, 11) is 1.56. The molecule has 2 amide bonds. The third-order valence-electron chi connectivity index (χ3n) is 2.92. The summed E-state index contributed by atoms with van der Waals surface area (Å²) < 4.78 is 5.09. The van der Waals surface area contributed by atoms with Crippen LogP contribution in [0.15, 0.2) is 24.3 Å². The van der Waals surface area contributed by atoms with Gasteiger partial charge < -0.3 is 20.7 Å². The number of rotatable bonds is 7. The molecule has 21 heavy (non-hydrogen) atoms. The number of likely N-dealkylation sites (N-methyl/N-ethyl adjacent to an activating group) is 1. The van der Waals surface area contributed by atoms with Gasteiger partial charge in [-0.25, -0.2) is 0 Å². The molecule has 0 saturated heterocycles. The van der Waals surface area contributed by atoms with E-state index in [0.717, 1.165) is 0 Å². The van der Waals surface area contributed by atoms with Crippen molar-refractivity contribution < 1.29 is 14.3 Å². The number of benzene rings is 1. The minimum absolute atomic E-state index is 0.0132. The van der Waals surface area contributed by atoms with Crippen LogP contribution in [0.5, 0.6) is 5.75 Å². The largest absolute Gasteiger partial charge is 0.497 e. The van der Waals surface area contributed by atoms with E-state index < -0.39 is 0 Å². The Balaban J connectivity index is 2.60. The molecule has 6 heteroatoms. The van der Waals surface area contributed by atoms with Crippen molar-refractivity contribution >= 4 is 17.5 Å². The van der Waals surface area contributed by atoms with Crippen molar-refractivity contribution in [3.8, 4) is 5.75 Å². The fourth-order valence-corrected chi connectivity index (χ4v) is 1.86. The number of ether oxygens (including phenoxy) is 1. The summed E-state index contributed by atoms with van der Waals surface area (Å²) in [4.78, 5) is 25.4. The minimum atomic E-state index is -0.247. The fourth-order valence-electron chi connectivity index (χ4n) is 1.86. The third-order valence-corrected chi connectivity index (χ3v) is 2.92. The van der Waals surface area contributed by atoms with Gasteiger partial charge in [0.1, 0.15) is 5.75 Å². The Bertz CT molecular complexity index is 489. The van der Waals surface area contributed by atoms with E-state index in [9.17, 15) is 9.59 Å². The first kappa shape index (κ1) is 17.0. The number of nitrogens with one attached hydrogen (secondary N) is 1. The Morgan fingerprint density at radius 1 is 1.43 bits per heavy atom. The van der Waals surface area contributed by atoms with Gasteiger partial charge in [0.05, 0.1) is 13.7 Å². The van der Waals surface area contributed by atoms with Crippen LogP contribution in [0.25, 0.3) is 0 Å². The fraction of sp³-hybridized carbons (Fsp3) is 0.467. The average molecular weight is 293 g/mol. The number of carbonyl (C=O) groups excluding carboxylic acids is 2. The lowest BCUT2D eigenvalue weighted by molar-refractivity contribution is -0.134. The van der Waals surface area contributed by atoms with E-state index in [2.05, 4.69) is 5.32 Å². The molecule has 3 N–H and O–H groups in total. The molecule has 0 spiro atoms. The van der Waals surface area contributed by atoms with Crippen molar-refractivity contribution in [2.24, 2.45) is 5.73 Å². The molecule has 1 unspecified atom stereocenters. The quantitative estimate of drug-likeness (QED) is 0.791. The molecule has 0 aliphatic rings. The highest BCUT2D eigenvalue weighted by atomic mass is 16.5. The van der Waals surface area contributed by atoms with Crippen LogP contribution in [0.4, 0.5) is 5.69 Å². The third kappa shape index (κ3) is 5.83. The predicted molar refractivity (Wildman–Crippen MR) is 82.1 cm³/mol. The van der Waals surface area contributed by atoms with E-state index in [1.807, 2.05) is 6.92 Å². The molecule has 0 saturated carbocycles. The Hall–Kier alpha value is -2.08. The summed E-state index contributed by atoms with van der Waals surface area (Å²) in [6.45, 7) is 4.08. The lowest BCUT2D eigenvalue weighted by Crippen LogP contribution is -2.40. The molecular weight excluding hydrogens is 270 g/mol. The summed E-state index contributed by atoms with van der Waals surface area (Å²) in [5.41, 5.74) is 6.24. The van der Waals surface area contributed by atoms with Crippen LogP contribution in [-0.2, 0) is 9.59 Å². The Labute approximate surface area is 125 Å². The van der Waals surface area contributed by atoms with Gasteiger partial charge in [0.15, 0.2) is 0 Å². The van der Waals surface area contributed by atoms with Crippen molar-refractivity contribution in [1.82, 2.24) is 4.90 Å². The van der Waals surface area contributed by atoms with Gasteiger partial charge in [0.25, 0.3) is 0 Å². The predicted octanol–water partition coefficient (Wildman–Crippen LogP) is 1.22. The van der Waals surface area contributed by atoms with Gasteiger partial charge in [0.2, 0.25) is 11.8 Å². The molecule has 0 heterocycles. The molecule has 1 atom stereocenters. The van der Waals surface area contributed by atoms with Crippen LogP contribution < -0.4 is 15.8 Å². The SMILES string of the molecule is CCN(CC(=O)Nc1cccc(OC)c1)C(=O)CC(C)N. The first-order valence-electron chi connectivity index (χ1n) is 6.93.